The van der Waals surface area contributed by atoms with E-state index in [1.165, 1.54) is 9.13 Å². The monoisotopic (exact) mass is 358 g/mol. The Hall–Kier alpha value is 0.720. The fourth-order valence-electron chi connectivity index (χ4n) is 0.982. The van der Waals surface area contributed by atoms with Gasteiger partial charge in [-0.15, -0.1) is 11.6 Å². The molecule has 0 aliphatic carbocycles. The molecule has 0 N–H and O–H groups in total. The van der Waals surface area contributed by atoms with Gasteiger partial charge in [-0.1, -0.05) is 22.0 Å². The Morgan fingerprint density at radius 3 is 2.75 bits per heavy atom. The maximum atomic E-state index is 5.62. The van der Waals surface area contributed by atoms with Gasteiger partial charge in [0.15, 0.2) is 0 Å². The van der Waals surface area contributed by atoms with E-state index in [1.807, 2.05) is 0 Å². The molecule has 12 heavy (non-hydrogen) atoms. The lowest BCUT2D eigenvalue weighted by Gasteiger charge is -2.02. The highest BCUT2D eigenvalue weighted by atomic mass is 127. The molecule has 0 saturated carbocycles. The van der Waals surface area contributed by atoms with Gasteiger partial charge in [0.25, 0.3) is 0 Å². The molecule has 0 amide bonds. The molecular formula is C9H9BrClI. The highest BCUT2D eigenvalue weighted by Crippen LogP contribution is 2.19. The molecule has 0 aromatic heterocycles. The third-order valence-electron chi connectivity index (χ3n) is 1.59. The summed E-state index contributed by atoms with van der Waals surface area (Å²) in [6.07, 6.45) is 2.13. The molecule has 0 radical (unpaired) electrons. The van der Waals surface area contributed by atoms with Crippen molar-refractivity contribution in [1.29, 1.82) is 0 Å². The number of alkyl halides is 1. The second-order valence-electron chi connectivity index (χ2n) is 2.53. The maximum Gasteiger partial charge on any atom is 0.0226 e. The first-order chi connectivity index (χ1) is 5.74. The van der Waals surface area contributed by atoms with Crippen LogP contribution in [-0.4, -0.2) is 5.88 Å². The van der Waals surface area contributed by atoms with Gasteiger partial charge < -0.3 is 0 Å². The van der Waals surface area contributed by atoms with Gasteiger partial charge in [0.05, 0.1) is 0 Å². The molecule has 3 heteroatoms. The van der Waals surface area contributed by atoms with Gasteiger partial charge in [-0.05, 0) is 53.1 Å². The first kappa shape index (κ1) is 10.8. The maximum absolute atomic E-state index is 5.62. The van der Waals surface area contributed by atoms with E-state index in [4.69, 9.17) is 11.6 Å². The molecule has 0 saturated heterocycles. The van der Waals surface area contributed by atoms with Gasteiger partial charge >= 0.3 is 0 Å². The van der Waals surface area contributed by atoms with Crippen molar-refractivity contribution in [2.24, 2.45) is 0 Å². The Bertz CT molecular complexity index is 263. The van der Waals surface area contributed by atoms with Crippen LogP contribution in [0.4, 0.5) is 0 Å². The van der Waals surface area contributed by atoms with Crippen molar-refractivity contribution in [2.45, 2.75) is 12.8 Å². The first-order valence-electron chi connectivity index (χ1n) is 3.74. The fourth-order valence-corrected chi connectivity index (χ4v) is 2.69. The second-order valence-corrected chi connectivity index (χ2v) is 4.98. The quantitative estimate of drug-likeness (QED) is 0.560. The van der Waals surface area contributed by atoms with Gasteiger partial charge in [0, 0.05) is 13.9 Å². The van der Waals surface area contributed by atoms with E-state index in [-0.39, 0.29) is 0 Å². The molecule has 1 rings (SSSR count). The van der Waals surface area contributed by atoms with Crippen LogP contribution in [0.15, 0.2) is 22.7 Å². The van der Waals surface area contributed by atoms with Crippen LogP contribution < -0.4 is 0 Å². The Balaban J connectivity index is 2.72. The van der Waals surface area contributed by atoms with Crippen molar-refractivity contribution in [3.05, 3.63) is 31.8 Å². The number of rotatable bonds is 3. The Kier molecular flexibility index (Phi) is 4.90. The molecule has 1 aromatic rings. The van der Waals surface area contributed by atoms with Crippen molar-refractivity contribution in [1.82, 2.24) is 0 Å². The summed E-state index contributed by atoms with van der Waals surface area (Å²) in [7, 11) is 0. The number of halogens is 3. The summed E-state index contributed by atoms with van der Waals surface area (Å²) < 4.78 is 2.45. The molecule has 0 fully saturated rings. The molecule has 0 nitrogen and oxygen atoms in total. The van der Waals surface area contributed by atoms with E-state index in [9.17, 15) is 0 Å². The van der Waals surface area contributed by atoms with E-state index in [0.717, 1.165) is 23.2 Å². The minimum absolute atomic E-state index is 0.742. The summed E-state index contributed by atoms with van der Waals surface area (Å²) >= 11 is 11.4. The van der Waals surface area contributed by atoms with E-state index in [0.29, 0.717) is 0 Å². The largest absolute Gasteiger partial charge is 0.127 e. The molecule has 1 aromatic carbocycles. The van der Waals surface area contributed by atoms with Gasteiger partial charge in [-0.2, -0.15) is 0 Å². The molecule has 0 aliphatic rings. The lowest BCUT2D eigenvalue weighted by Crippen LogP contribution is -1.89. The van der Waals surface area contributed by atoms with Gasteiger partial charge in [-0.25, -0.2) is 0 Å². The second kappa shape index (κ2) is 5.45. The van der Waals surface area contributed by atoms with Crippen LogP contribution in [0.2, 0.25) is 0 Å². The van der Waals surface area contributed by atoms with Crippen molar-refractivity contribution >= 4 is 50.1 Å². The van der Waals surface area contributed by atoms with Crippen LogP contribution in [0.5, 0.6) is 0 Å². The lowest BCUT2D eigenvalue weighted by atomic mass is 10.1. The van der Waals surface area contributed by atoms with Crippen molar-refractivity contribution in [3.8, 4) is 0 Å². The summed E-state index contributed by atoms with van der Waals surface area (Å²) in [4.78, 5) is 0. The normalized spacial score (nSPS) is 10.2. The van der Waals surface area contributed by atoms with Crippen LogP contribution >= 0.6 is 50.1 Å². The Morgan fingerprint density at radius 2 is 2.17 bits per heavy atom. The predicted octanol–water partition coefficient (Wildman–Crippen LogP) is 4.23. The highest BCUT2D eigenvalue weighted by molar-refractivity contribution is 14.1. The van der Waals surface area contributed by atoms with Crippen LogP contribution in [0, 0.1) is 3.57 Å². The molecule has 0 atom stereocenters. The van der Waals surface area contributed by atoms with E-state index in [1.54, 1.807) is 0 Å². The molecule has 0 bridgehead atoms. The van der Waals surface area contributed by atoms with E-state index < -0.39 is 0 Å². The van der Waals surface area contributed by atoms with Crippen LogP contribution in [0.25, 0.3) is 0 Å². The van der Waals surface area contributed by atoms with Crippen molar-refractivity contribution in [2.75, 3.05) is 5.88 Å². The zero-order valence-electron chi connectivity index (χ0n) is 6.49. The zero-order valence-corrected chi connectivity index (χ0v) is 11.0. The standard InChI is InChI=1S/C9H9BrClI/c10-8-4-3-7(2-1-5-11)9(12)6-8/h3-4,6H,1-2,5H2. The lowest BCUT2D eigenvalue weighted by molar-refractivity contribution is 0.923. The molecule has 0 aliphatic heterocycles. The average molecular weight is 359 g/mol. The van der Waals surface area contributed by atoms with Crippen molar-refractivity contribution in [3.63, 3.8) is 0 Å². The minimum Gasteiger partial charge on any atom is -0.127 e. The highest BCUT2D eigenvalue weighted by Gasteiger charge is 1.99. The molecule has 66 valence electrons. The fraction of sp³-hybridized carbons (Fsp3) is 0.333. The SMILES string of the molecule is ClCCCc1ccc(Br)cc1I. The van der Waals surface area contributed by atoms with Crippen LogP contribution in [0.3, 0.4) is 0 Å². The third-order valence-corrected chi connectivity index (χ3v) is 3.36. The Morgan fingerprint density at radius 1 is 1.42 bits per heavy atom. The van der Waals surface area contributed by atoms with Gasteiger partial charge in [-0.3, -0.25) is 0 Å². The topological polar surface area (TPSA) is 0 Å². The summed E-state index contributed by atoms with van der Waals surface area (Å²) in [6.45, 7) is 0. The Labute approximate surface area is 100.0 Å². The summed E-state index contributed by atoms with van der Waals surface area (Å²) in [6, 6.07) is 6.36. The smallest absolute Gasteiger partial charge is 0.0226 e. The van der Waals surface area contributed by atoms with Crippen LogP contribution in [0.1, 0.15) is 12.0 Å². The minimum atomic E-state index is 0.742. The number of benzene rings is 1. The summed E-state index contributed by atoms with van der Waals surface area (Å²) in [5, 5.41) is 0. The van der Waals surface area contributed by atoms with Gasteiger partial charge in [0.1, 0.15) is 0 Å². The molecule has 0 unspecified atom stereocenters. The third kappa shape index (κ3) is 3.23. The average Bonchev–Trinajstić information content (AvgIpc) is 2.03. The van der Waals surface area contributed by atoms with Gasteiger partial charge in [0.2, 0.25) is 0 Å². The zero-order chi connectivity index (χ0) is 8.97. The van der Waals surface area contributed by atoms with E-state index in [2.05, 4.69) is 56.7 Å². The number of aryl methyl sites for hydroxylation is 1. The first-order valence-corrected chi connectivity index (χ1v) is 6.14. The van der Waals surface area contributed by atoms with Crippen molar-refractivity contribution < 1.29 is 0 Å². The molecule has 0 spiro atoms. The number of hydrogen-bond donors (Lipinski definition) is 0. The predicted molar refractivity (Wildman–Crippen MR) is 65.9 cm³/mol. The summed E-state index contributed by atoms with van der Waals surface area (Å²) in [5.74, 6) is 0.742. The molecule has 0 heterocycles. The summed E-state index contributed by atoms with van der Waals surface area (Å²) in [5.41, 5.74) is 1.39. The van der Waals surface area contributed by atoms with Crippen LogP contribution in [-0.2, 0) is 6.42 Å². The number of hydrogen-bond acceptors (Lipinski definition) is 0. The van der Waals surface area contributed by atoms with E-state index >= 15 is 0 Å². The molecular weight excluding hydrogens is 350 g/mol.